The number of rotatable bonds is 6. The van der Waals surface area contributed by atoms with Crippen LogP contribution in [0.15, 0.2) is 71.1 Å². The number of nitrogens with zero attached hydrogens (tertiary/aromatic N) is 3. The van der Waals surface area contributed by atoms with E-state index in [0.29, 0.717) is 27.6 Å². The van der Waals surface area contributed by atoms with Crippen LogP contribution in [0, 0.1) is 10.6 Å². The topological polar surface area (TPSA) is 72.3 Å². The van der Waals surface area contributed by atoms with Crippen molar-refractivity contribution in [3.63, 3.8) is 0 Å². The van der Waals surface area contributed by atoms with E-state index in [4.69, 9.17) is 17.0 Å². The van der Waals surface area contributed by atoms with Gasteiger partial charge in [0.15, 0.2) is 5.82 Å². The molecule has 0 aliphatic rings. The highest BCUT2D eigenvalue weighted by atomic mass is 32.1. The fourth-order valence-electron chi connectivity index (χ4n) is 2.64. The first-order valence-corrected chi connectivity index (χ1v) is 10.2. The molecule has 1 N–H and O–H groups in total. The van der Waals surface area contributed by atoms with Gasteiger partial charge in [0, 0.05) is 6.42 Å². The van der Waals surface area contributed by atoms with Crippen LogP contribution in [0.3, 0.4) is 0 Å². The van der Waals surface area contributed by atoms with Gasteiger partial charge in [-0.25, -0.2) is 9.18 Å². The fraction of sp³-hybridized carbons (Fsp3) is 0.0476. The van der Waals surface area contributed by atoms with Crippen molar-refractivity contribution in [2.24, 2.45) is 5.10 Å². The van der Waals surface area contributed by atoms with Crippen molar-refractivity contribution in [3.8, 4) is 5.75 Å². The summed E-state index contributed by atoms with van der Waals surface area (Å²) in [6.45, 7) is 0. The molecule has 4 aromatic rings. The molecule has 0 aliphatic carbocycles. The van der Waals surface area contributed by atoms with E-state index in [1.807, 2.05) is 5.38 Å². The SMILES string of the molecule is O=C(Oc1ccc(/C=N\n2c(Cc3ccc(F)cc3)n[nH]c2=S)cc1)c1cccs1. The number of nitrogens with one attached hydrogen (secondary N) is 1. The fourth-order valence-corrected chi connectivity index (χ4v) is 3.44. The molecule has 30 heavy (non-hydrogen) atoms. The van der Waals surface area contributed by atoms with Gasteiger partial charge in [-0.15, -0.1) is 11.3 Å². The molecule has 2 aromatic heterocycles. The zero-order valence-electron chi connectivity index (χ0n) is 15.5. The van der Waals surface area contributed by atoms with E-state index >= 15 is 0 Å². The number of benzene rings is 2. The van der Waals surface area contributed by atoms with Crippen LogP contribution in [0.2, 0.25) is 0 Å². The summed E-state index contributed by atoms with van der Waals surface area (Å²) in [5.74, 6) is 0.369. The van der Waals surface area contributed by atoms with Gasteiger partial charge in [0.25, 0.3) is 0 Å². The third-order valence-electron chi connectivity index (χ3n) is 4.13. The average Bonchev–Trinajstić information content (AvgIpc) is 3.40. The minimum atomic E-state index is -0.387. The number of aromatic amines is 1. The molecule has 2 aromatic carbocycles. The smallest absolute Gasteiger partial charge is 0.353 e. The minimum Gasteiger partial charge on any atom is -0.422 e. The predicted molar refractivity (Wildman–Crippen MR) is 115 cm³/mol. The molecule has 0 bridgehead atoms. The van der Waals surface area contributed by atoms with Crippen molar-refractivity contribution in [1.82, 2.24) is 14.9 Å². The maximum absolute atomic E-state index is 13.1. The summed E-state index contributed by atoms with van der Waals surface area (Å²) >= 11 is 6.58. The third-order valence-corrected chi connectivity index (χ3v) is 5.24. The third kappa shape index (κ3) is 4.76. The molecule has 0 spiro atoms. The Hall–Kier alpha value is -3.43. The molecule has 4 rings (SSSR count). The van der Waals surface area contributed by atoms with E-state index in [2.05, 4.69) is 15.3 Å². The van der Waals surface area contributed by atoms with Gasteiger partial charge >= 0.3 is 5.97 Å². The summed E-state index contributed by atoms with van der Waals surface area (Å²) in [6.07, 6.45) is 2.08. The number of aromatic nitrogens is 3. The number of hydrogen-bond donors (Lipinski definition) is 1. The van der Waals surface area contributed by atoms with E-state index in [1.165, 1.54) is 28.1 Å². The summed E-state index contributed by atoms with van der Waals surface area (Å²) in [5, 5.41) is 13.1. The van der Waals surface area contributed by atoms with Crippen LogP contribution in [0.5, 0.6) is 5.75 Å². The van der Waals surface area contributed by atoms with Gasteiger partial charge in [0.1, 0.15) is 16.4 Å². The van der Waals surface area contributed by atoms with Crippen molar-refractivity contribution in [2.75, 3.05) is 0 Å². The van der Waals surface area contributed by atoms with E-state index in [0.717, 1.165) is 11.1 Å². The Morgan fingerprint density at radius 3 is 2.67 bits per heavy atom. The Morgan fingerprint density at radius 2 is 1.97 bits per heavy atom. The highest BCUT2D eigenvalue weighted by Gasteiger charge is 2.09. The van der Waals surface area contributed by atoms with Gasteiger partial charge in [-0.3, -0.25) is 5.10 Å². The van der Waals surface area contributed by atoms with Gasteiger partial charge in [-0.2, -0.15) is 14.9 Å². The first kappa shape index (κ1) is 19.9. The summed E-state index contributed by atoms with van der Waals surface area (Å²) in [7, 11) is 0. The molecule has 0 saturated heterocycles. The lowest BCUT2D eigenvalue weighted by Crippen LogP contribution is -2.06. The lowest BCUT2D eigenvalue weighted by molar-refractivity contribution is 0.0740. The van der Waals surface area contributed by atoms with Gasteiger partial charge in [0.05, 0.1) is 6.21 Å². The van der Waals surface area contributed by atoms with Crippen molar-refractivity contribution in [3.05, 3.63) is 98.5 Å². The Labute approximate surface area is 180 Å². The number of carbonyl (C=O) groups excluding carboxylic acids is 1. The lowest BCUT2D eigenvalue weighted by atomic mass is 10.1. The van der Waals surface area contributed by atoms with E-state index in [9.17, 15) is 9.18 Å². The van der Waals surface area contributed by atoms with Crippen LogP contribution in [0.1, 0.15) is 26.6 Å². The highest BCUT2D eigenvalue weighted by Crippen LogP contribution is 2.16. The van der Waals surface area contributed by atoms with Crippen LogP contribution in [0.25, 0.3) is 0 Å². The van der Waals surface area contributed by atoms with Gasteiger partial charge in [-0.05, 0) is 71.2 Å². The predicted octanol–water partition coefficient (Wildman–Crippen LogP) is 4.83. The Bertz CT molecular complexity index is 1230. The first-order chi connectivity index (χ1) is 14.6. The van der Waals surface area contributed by atoms with Crippen molar-refractivity contribution in [1.29, 1.82) is 0 Å². The Morgan fingerprint density at radius 1 is 1.20 bits per heavy atom. The van der Waals surface area contributed by atoms with Crippen molar-refractivity contribution < 1.29 is 13.9 Å². The molecular weight excluding hydrogens is 423 g/mol. The molecule has 0 amide bonds. The van der Waals surface area contributed by atoms with Crippen LogP contribution in [-0.4, -0.2) is 27.1 Å². The number of thiophene rings is 1. The summed E-state index contributed by atoms with van der Waals surface area (Å²) < 4.78 is 20.3. The number of H-pyrrole nitrogens is 1. The second kappa shape index (κ2) is 8.93. The molecule has 0 atom stereocenters. The van der Waals surface area contributed by atoms with Crippen molar-refractivity contribution >= 4 is 35.7 Å². The quantitative estimate of drug-likeness (QED) is 0.202. The van der Waals surface area contributed by atoms with Gasteiger partial charge in [0.2, 0.25) is 4.77 Å². The monoisotopic (exact) mass is 438 g/mol. The second-order valence-corrected chi connectivity index (χ2v) is 7.57. The van der Waals surface area contributed by atoms with Gasteiger partial charge < -0.3 is 4.74 Å². The van der Waals surface area contributed by atoms with Crippen LogP contribution < -0.4 is 4.74 Å². The normalized spacial score (nSPS) is 11.1. The molecule has 2 heterocycles. The number of esters is 1. The largest absolute Gasteiger partial charge is 0.422 e. The number of carbonyl (C=O) groups is 1. The lowest BCUT2D eigenvalue weighted by Gasteiger charge is -2.03. The highest BCUT2D eigenvalue weighted by molar-refractivity contribution is 7.71. The Balaban J connectivity index is 1.46. The maximum atomic E-state index is 13.1. The molecular formula is C21H15FN4O2S2. The zero-order chi connectivity index (χ0) is 20.9. The molecule has 9 heteroatoms. The summed E-state index contributed by atoms with van der Waals surface area (Å²) in [4.78, 5) is 12.5. The van der Waals surface area contributed by atoms with Crippen LogP contribution in [-0.2, 0) is 6.42 Å². The van der Waals surface area contributed by atoms with Crippen LogP contribution >= 0.6 is 23.6 Å². The number of halogens is 1. The minimum absolute atomic E-state index is 0.292. The molecule has 0 aliphatic heterocycles. The summed E-state index contributed by atoms with van der Waals surface area (Å²) in [5.41, 5.74) is 1.68. The van der Waals surface area contributed by atoms with E-state index in [-0.39, 0.29) is 11.8 Å². The summed E-state index contributed by atoms with van der Waals surface area (Å²) in [6, 6.07) is 16.6. The van der Waals surface area contributed by atoms with E-state index < -0.39 is 0 Å². The van der Waals surface area contributed by atoms with Crippen LogP contribution in [0.4, 0.5) is 4.39 Å². The molecule has 6 nitrogen and oxygen atoms in total. The maximum Gasteiger partial charge on any atom is 0.353 e. The first-order valence-electron chi connectivity index (χ1n) is 8.89. The zero-order valence-corrected chi connectivity index (χ0v) is 17.1. The number of hydrogen-bond acceptors (Lipinski definition) is 6. The average molecular weight is 439 g/mol. The molecule has 0 radical (unpaired) electrons. The molecule has 150 valence electrons. The standard InChI is InChI=1S/C21H15FN4O2S2/c22-16-7-3-14(4-8-16)12-19-24-25-21(29)26(19)23-13-15-5-9-17(10-6-15)28-20(27)18-2-1-11-30-18/h1-11,13H,12H2,(H,25,29)/b23-13-. The van der Waals surface area contributed by atoms with Gasteiger partial charge in [-0.1, -0.05) is 18.2 Å². The number of ether oxygens (including phenoxy) is 1. The molecule has 0 fully saturated rings. The van der Waals surface area contributed by atoms with Crippen molar-refractivity contribution in [2.45, 2.75) is 6.42 Å². The second-order valence-electron chi connectivity index (χ2n) is 6.24. The van der Waals surface area contributed by atoms with E-state index in [1.54, 1.807) is 54.7 Å². The molecule has 0 unspecified atom stereocenters. The Kier molecular flexibility index (Phi) is 5.92. The molecule has 0 saturated carbocycles.